The molecule has 6 heterocycles. The highest BCUT2D eigenvalue weighted by Crippen LogP contribution is 2.49. The predicted octanol–water partition coefficient (Wildman–Crippen LogP) is 22.4. The number of para-hydroxylation sites is 7. The van der Waals surface area contributed by atoms with Gasteiger partial charge in [0.1, 0.15) is 5.58 Å². The maximum Gasteiger partial charge on any atom is 0.159 e. The molecule has 0 radical (unpaired) electrons. The summed E-state index contributed by atoms with van der Waals surface area (Å²) < 4.78 is 19.8. The third-order valence-electron chi connectivity index (χ3n) is 19.2. The summed E-state index contributed by atoms with van der Waals surface area (Å²) in [6.07, 6.45) is 0. The molecule has 0 unspecified atom stereocenters. The monoisotopic (exact) mass is 1150 g/mol. The van der Waals surface area contributed by atoms with Crippen LogP contribution in [0.1, 0.15) is 0 Å². The number of hydrogen-bond donors (Lipinski definition) is 0. The van der Waals surface area contributed by atoms with Crippen LogP contribution in [0.2, 0.25) is 0 Å². The van der Waals surface area contributed by atoms with Gasteiger partial charge in [0.2, 0.25) is 0 Å². The van der Waals surface area contributed by atoms with Gasteiger partial charge in [-0.3, -0.25) is 0 Å². The van der Waals surface area contributed by atoms with Crippen LogP contribution in [0.3, 0.4) is 0 Å². The Morgan fingerprint density at radius 2 is 0.589 bits per heavy atom. The summed E-state index contributed by atoms with van der Waals surface area (Å²) in [5, 5.41) is 14.0. The standard InChI is InChI=1S/C84H51N5O/c1-4-22-52(23-5-1)54-46-55(53-24-6-2-7-25-53)48-58(47-54)88-82-64(41-43-76-80(82)66-32-14-20-38-74(66)85(76)56-26-8-3-9-27-56)65-42-44-77-81(83(65)88)67-33-15-21-39-75(67)89(77)78-51-59(87-72-36-18-12-30-62(72)63-31-13-19-37-73(63)87)50-69-68-49-57(40-45-79(68)90-84(69)78)86-70-34-16-10-28-60(70)61-29-11-17-35-71(61)86/h1-51H. The molecule has 20 rings (SSSR count). The average molecular weight is 1150 g/mol. The van der Waals surface area contributed by atoms with Crippen molar-refractivity contribution in [3.05, 3.63) is 309 Å². The lowest BCUT2D eigenvalue weighted by atomic mass is 9.97. The molecule has 0 amide bonds. The van der Waals surface area contributed by atoms with E-state index in [2.05, 4.69) is 332 Å². The quantitative estimate of drug-likeness (QED) is 0.157. The molecule has 418 valence electrons. The minimum absolute atomic E-state index is 0.815. The Balaban J connectivity index is 0.945. The third kappa shape index (κ3) is 6.87. The average Bonchev–Trinajstić information content (AvgIpc) is 1.56. The number of aromatic nitrogens is 5. The van der Waals surface area contributed by atoms with Crippen LogP contribution in [0, 0.1) is 0 Å². The van der Waals surface area contributed by atoms with E-state index in [4.69, 9.17) is 4.42 Å². The van der Waals surface area contributed by atoms with Gasteiger partial charge in [-0.15, -0.1) is 0 Å². The molecule has 90 heavy (non-hydrogen) atoms. The van der Waals surface area contributed by atoms with Crippen molar-refractivity contribution in [2.75, 3.05) is 0 Å². The second-order valence-electron chi connectivity index (χ2n) is 24.0. The molecule has 0 atom stereocenters. The van der Waals surface area contributed by atoms with Gasteiger partial charge in [0, 0.05) is 87.4 Å². The van der Waals surface area contributed by atoms with Crippen molar-refractivity contribution < 1.29 is 4.42 Å². The number of furan rings is 1. The summed E-state index contributed by atoms with van der Waals surface area (Å²) in [5.41, 5.74) is 22.9. The molecule has 6 nitrogen and oxygen atoms in total. The molecule has 0 saturated carbocycles. The zero-order valence-electron chi connectivity index (χ0n) is 48.6. The fourth-order valence-electron chi connectivity index (χ4n) is 15.5. The Morgan fingerprint density at radius 3 is 1.10 bits per heavy atom. The molecule has 14 aromatic carbocycles. The van der Waals surface area contributed by atoms with E-state index in [1.807, 2.05) is 0 Å². The molecule has 0 aliphatic heterocycles. The van der Waals surface area contributed by atoms with Crippen LogP contribution in [0.15, 0.2) is 314 Å². The van der Waals surface area contributed by atoms with Crippen molar-refractivity contribution in [2.24, 2.45) is 0 Å². The van der Waals surface area contributed by atoms with E-state index in [1.54, 1.807) is 0 Å². The summed E-state index contributed by atoms with van der Waals surface area (Å²) in [5.74, 6) is 0. The maximum atomic E-state index is 7.42. The third-order valence-corrected chi connectivity index (χ3v) is 19.2. The summed E-state index contributed by atoms with van der Waals surface area (Å²) in [6, 6.07) is 114. The molecule has 0 bridgehead atoms. The SMILES string of the molecule is c1ccc(-c2cc(-c3ccccc3)cc(-n3c4c(ccc5c4c4ccccc4n5-c4ccccc4)c4ccc5c(c6ccccc6n5-c5cc(-n6c7ccccc7c7ccccc76)cc6c5oc5ccc(-n7c8ccccc8c8ccccc87)cc56)c43)c2)cc1. The van der Waals surface area contributed by atoms with Crippen LogP contribution in [-0.2, 0) is 0 Å². The fraction of sp³-hybridized carbons (Fsp3) is 0. The van der Waals surface area contributed by atoms with Gasteiger partial charge in [-0.2, -0.15) is 0 Å². The van der Waals surface area contributed by atoms with E-state index in [-0.39, 0.29) is 0 Å². The van der Waals surface area contributed by atoms with E-state index in [0.717, 1.165) is 139 Å². The molecule has 6 aromatic heterocycles. The lowest BCUT2D eigenvalue weighted by molar-refractivity contribution is 0.666. The largest absolute Gasteiger partial charge is 0.454 e. The molecular formula is C84H51N5O. The molecular weight excluding hydrogens is 1090 g/mol. The second kappa shape index (κ2) is 18.7. The normalized spacial score (nSPS) is 12.2. The van der Waals surface area contributed by atoms with E-state index < -0.39 is 0 Å². The molecule has 6 heteroatoms. The first kappa shape index (κ1) is 49.0. The minimum Gasteiger partial charge on any atom is -0.454 e. The van der Waals surface area contributed by atoms with Crippen LogP contribution < -0.4 is 0 Å². The van der Waals surface area contributed by atoms with Gasteiger partial charge in [0.25, 0.3) is 0 Å². The van der Waals surface area contributed by atoms with Gasteiger partial charge in [-0.05, 0) is 131 Å². The molecule has 0 fully saturated rings. The first-order valence-corrected chi connectivity index (χ1v) is 30.9. The Morgan fingerprint density at radius 1 is 0.200 bits per heavy atom. The Hall–Kier alpha value is -12.1. The van der Waals surface area contributed by atoms with E-state index in [1.165, 1.54) is 43.1 Å². The lowest BCUT2D eigenvalue weighted by Crippen LogP contribution is -2.00. The summed E-state index contributed by atoms with van der Waals surface area (Å²) >= 11 is 0. The molecule has 0 aliphatic carbocycles. The second-order valence-corrected chi connectivity index (χ2v) is 24.0. The Kier molecular flexibility index (Phi) is 10.2. The number of nitrogens with zero attached hydrogens (tertiary/aromatic N) is 5. The minimum atomic E-state index is 0.815. The molecule has 20 aromatic rings. The maximum absolute atomic E-state index is 7.42. The van der Waals surface area contributed by atoms with Gasteiger partial charge in [-0.25, -0.2) is 0 Å². The van der Waals surface area contributed by atoms with Crippen molar-refractivity contribution in [1.29, 1.82) is 0 Å². The van der Waals surface area contributed by atoms with E-state index in [9.17, 15) is 0 Å². The smallest absolute Gasteiger partial charge is 0.159 e. The van der Waals surface area contributed by atoms with Gasteiger partial charge in [0.05, 0.1) is 60.9 Å². The van der Waals surface area contributed by atoms with Crippen LogP contribution in [0.5, 0.6) is 0 Å². The zero-order chi connectivity index (χ0) is 58.7. The Bertz CT molecular complexity index is 6220. The predicted molar refractivity (Wildman–Crippen MR) is 376 cm³/mol. The van der Waals surface area contributed by atoms with Crippen LogP contribution in [-0.4, -0.2) is 22.8 Å². The highest BCUT2D eigenvalue weighted by atomic mass is 16.3. The topological polar surface area (TPSA) is 37.8 Å². The van der Waals surface area contributed by atoms with E-state index in [0.29, 0.717) is 0 Å². The number of hydrogen-bond acceptors (Lipinski definition) is 1. The lowest BCUT2D eigenvalue weighted by Gasteiger charge is -2.16. The number of rotatable bonds is 7. The zero-order valence-corrected chi connectivity index (χ0v) is 48.6. The van der Waals surface area contributed by atoms with Crippen LogP contribution in [0.25, 0.3) is 182 Å². The fourth-order valence-corrected chi connectivity index (χ4v) is 15.5. The summed E-state index contributed by atoms with van der Waals surface area (Å²) in [4.78, 5) is 0. The molecule has 0 spiro atoms. The Labute approximate surface area is 515 Å². The van der Waals surface area contributed by atoms with Crippen molar-refractivity contribution in [1.82, 2.24) is 22.8 Å². The first-order chi connectivity index (χ1) is 44.7. The van der Waals surface area contributed by atoms with Gasteiger partial charge >= 0.3 is 0 Å². The van der Waals surface area contributed by atoms with Crippen LogP contribution in [0.4, 0.5) is 0 Å². The highest BCUT2D eigenvalue weighted by molar-refractivity contribution is 6.32. The molecule has 0 saturated heterocycles. The highest BCUT2D eigenvalue weighted by Gasteiger charge is 2.28. The van der Waals surface area contributed by atoms with Gasteiger partial charge in [0.15, 0.2) is 5.58 Å². The van der Waals surface area contributed by atoms with Crippen LogP contribution >= 0.6 is 0 Å². The van der Waals surface area contributed by atoms with Crippen molar-refractivity contribution in [2.45, 2.75) is 0 Å². The molecule has 0 aliphatic rings. The molecule has 0 N–H and O–H groups in total. The van der Waals surface area contributed by atoms with Crippen molar-refractivity contribution >= 4 is 131 Å². The number of fused-ring (bicyclic) bond motifs is 20. The summed E-state index contributed by atoms with van der Waals surface area (Å²) in [6.45, 7) is 0. The first-order valence-electron chi connectivity index (χ1n) is 30.9. The number of benzene rings is 14. The van der Waals surface area contributed by atoms with Crippen molar-refractivity contribution in [3.8, 4) is 50.7 Å². The van der Waals surface area contributed by atoms with Crippen molar-refractivity contribution in [3.63, 3.8) is 0 Å². The van der Waals surface area contributed by atoms with E-state index >= 15 is 0 Å². The van der Waals surface area contributed by atoms with Gasteiger partial charge in [-0.1, -0.05) is 200 Å². The van der Waals surface area contributed by atoms with Gasteiger partial charge < -0.3 is 27.3 Å². The summed E-state index contributed by atoms with van der Waals surface area (Å²) in [7, 11) is 0.